The molecule has 0 radical (unpaired) electrons. The van der Waals surface area contributed by atoms with Crippen LogP contribution in [0, 0.1) is 5.92 Å². The Morgan fingerprint density at radius 2 is 1.89 bits per heavy atom. The maximum Gasteiger partial charge on any atom is 0.191 e. The molecular weight excluding hydrogens is 262 g/mol. The van der Waals surface area contributed by atoms with Gasteiger partial charge in [0.1, 0.15) is 9.84 Å². The Bertz CT molecular complexity index is 351. The molecule has 0 aliphatic heterocycles. The first-order chi connectivity index (χ1) is 8.85. The smallest absolute Gasteiger partial charge is 0.191 e. The Balaban J connectivity index is 3.95. The van der Waals surface area contributed by atoms with E-state index in [0.717, 1.165) is 31.4 Å². The summed E-state index contributed by atoms with van der Waals surface area (Å²) in [4.78, 5) is 4.36. The molecule has 0 aliphatic rings. The predicted octanol–water partition coefficient (Wildman–Crippen LogP) is 1.41. The Morgan fingerprint density at radius 3 is 2.42 bits per heavy atom. The summed E-state index contributed by atoms with van der Waals surface area (Å²) in [7, 11) is -2.87. The van der Waals surface area contributed by atoms with E-state index in [1.54, 1.807) is 0 Å². The number of guanidine groups is 1. The summed E-state index contributed by atoms with van der Waals surface area (Å²) >= 11 is 0. The van der Waals surface area contributed by atoms with Gasteiger partial charge in [-0.25, -0.2) is 8.42 Å². The molecule has 6 heteroatoms. The molecule has 0 spiro atoms. The standard InChI is InChI=1S/C13H29N3O2S/c1-5-14-13(15-9-6-8-12(2)3)16-10-7-11-19(4,17)18/h12H,5-11H2,1-4H3,(H2,14,15,16). The molecule has 0 atom stereocenters. The van der Waals surface area contributed by atoms with Crippen LogP contribution < -0.4 is 10.6 Å². The van der Waals surface area contributed by atoms with E-state index >= 15 is 0 Å². The first kappa shape index (κ1) is 18.2. The van der Waals surface area contributed by atoms with Crippen LogP contribution in [-0.4, -0.2) is 46.0 Å². The molecule has 0 unspecified atom stereocenters. The van der Waals surface area contributed by atoms with Crippen molar-refractivity contribution in [2.45, 2.75) is 40.0 Å². The maximum absolute atomic E-state index is 11.0. The average molecular weight is 291 g/mol. The quantitative estimate of drug-likeness (QED) is 0.383. The van der Waals surface area contributed by atoms with Gasteiger partial charge in [0.05, 0.1) is 5.75 Å². The number of rotatable bonds is 9. The lowest BCUT2D eigenvalue weighted by Gasteiger charge is -2.11. The molecule has 0 aromatic carbocycles. The fourth-order valence-corrected chi connectivity index (χ4v) is 2.23. The molecule has 2 N–H and O–H groups in total. The second kappa shape index (κ2) is 10.1. The highest BCUT2D eigenvalue weighted by Gasteiger charge is 2.01. The van der Waals surface area contributed by atoms with Gasteiger partial charge in [-0.2, -0.15) is 0 Å². The molecule has 0 heterocycles. The van der Waals surface area contributed by atoms with Crippen molar-refractivity contribution < 1.29 is 8.42 Å². The number of nitrogens with one attached hydrogen (secondary N) is 2. The van der Waals surface area contributed by atoms with Gasteiger partial charge in [-0.15, -0.1) is 0 Å². The van der Waals surface area contributed by atoms with E-state index in [1.165, 1.54) is 12.7 Å². The highest BCUT2D eigenvalue weighted by Crippen LogP contribution is 2.01. The van der Waals surface area contributed by atoms with Crippen molar-refractivity contribution in [1.29, 1.82) is 0 Å². The highest BCUT2D eigenvalue weighted by molar-refractivity contribution is 7.90. The van der Waals surface area contributed by atoms with Crippen LogP contribution in [0.1, 0.15) is 40.0 Å². The van der Waals surface area contributed by atoms with Crippen molar-refractivity contribution in [3.05, 3.63) is 0 Å². The van der Waals surface area contributed by atoms with Crippen molar-refractivity contribution in [3.8, 4) is 0 Å². The summed E-state index contributed by atoms with van der Waals surface area (Å²) in [6, 6.07) is 0. The molecule has 5 nitrogen and oxygen atoms in total. The number of sulfone groups is 1. The zero-order valence-electron chi connectivity index (χ0n) is 12.7. The van der Waals surface area contributed by atoms with Crippen molar-refractivity contribution in [2.24, 2.45) is 10.9 Å². The Labute approximate surface area is 118 Å². The minimum absolute atomic E-state index is 0.198. The second-order valence-electron chi connectivity index (χ2n) is 5.21. The van der Waals surface area contributed by atoms with E-state index in [-0.39, 0.29) is 5.75 Å². The van der Waals surface area contributed by atoms with E-state index in [2.05, 4.69) is 29.5 Å². The predicted molar refractivity (Wildman–Crippen MR) is 82.4 cm³/mol. The van der Waals surface area contributed by atoms with Gasteiger partial charge in [0.15, 0.2) is 5.96 Å². The molecule has 0 amide bonds. The molecule has 0 aromatic rings. The zero-order valence-corrected chi connectivity index (χ0v) is 13.5. The Kier molecular flexibility index (Phi) is 9.65. The van der Waals surface area contributed by atoms with E-state index in [9.17, 15) is 8.42 Å². The van der Waals surface area contributed by atoms with Crippen LogP contribution >= 0.6 is 0 Å². The van der Waals surface area contributed by atoms with Gasteiger partial charge < -0.3 is 10.6 Å². The molecule has 0 fully saturated rings. The molecular formula is C13H29N3O2S. The first-order valence-electron chi connectivity index (χ1n) is 7.05. The largest absolute Gasteiger partial charge is 0.357 e. The number of nitrogens with zero attached hydrogens (tertiary/aromatic N) is 1. The van der Waals surface area contributed by atoms with E-state index in [1.807, 2.05) is 6.92 Å². The minimum Gasteiger partial charge on any atom is -0.357 e. The molecule has 0 saturated carbocycles. The second-order valence-corrected chi connectivity index (χ2v) is 7.47. The normalized spacial score (nSPS) is 12.8. The summed E-state index contributed by atoms with van der Waals surface area (Å²) in [5.41, 5.74) is 0. The third kappa shape index (κ3) is 13.5. The van der Waals surface area contributed by atoms with Gasteiger partial charge in [0.2, 0.25) is 0 Å². The topological polar surface area (TPSA) is 70.6 Å². The zero-order chi connectivity index (χ0) is 14.7. The van der Waals surface area contributed by atoms with Crippen LogP contribution in [0.5, 0.6) is 0 Å². The SMILES string of the molecule is CCNC(=NCCCS(C)(=O)=O)NCCCC(C)C. The van der Waals surface area contributed by atoms with Crippen LogP contribution in [0.2, 0.25) is 0 Å². The summed E-state index contributed by atoms with van der Waals surface area (Å²) in [5, 5.41) is 6.42. The van der Waals surface area contributed by atoms with Crippen LogP contribution in [0.3, 0.4) is 0 Å². The molecule has 0 aromatic heterocycles. The maximum atomic E-state index is 11.0. The lowest BCUT2D eigenvalue weighted by Crippen LogP contribution is -2.38. The summed E-state index contributed by atoms with van der Waals surface area (Å²) < 4.78 is 22.0. The molecule has 19 heavy (non-hydrogen) atoms. The average Bonchev–Trinajstić information content (AvgIpc) is 2.28. The van der Waals surface area contributed by atoms with Crippen LogP contribution in [0.25, 0.3) is 0 Å². The Morgan fingerprint density at radius 1 is 1.21 bits per heavy atom. The van der Waals surface area contributed by atoms with Crippen molar-refractivity contribution >= 4 is 15.8 Å². The fraction of sp³-hybridized carbons (Fsp3) is 0.923. The molecule has 0 aliphatic carbocycles. The van der Waals surface area contributed by atoms with Gasteiger partial charge in [-0.05, 0) is 32.1 Å². The molecule has 0 bridgehead atoms. The number of aliphatic imine (C=N–C) groups is 1. The van der Waals surface area contributed by atoms with Gasteiger partial charge in [-0.3, -0.25) is 4.99 Å². The van der Waals surface area contributed by atoms with Crippen LogP contribution in [0.4, 0.5) is 0 Å². The molecule has 0 saturated heterocycles. The highest BCUT2D eigenvalue weighted by atomic mass is 32.2. The van der Waals surface area contributed by atoms with Crippen molar-refractivity contribution in [2.75, 3.05) is 31.6 Å². The van der Waals surface area contributed by atoms with Gasteiger partial charge >= 0.3 is 0 Å². The number of hydrogen-bond acceptors (Lipinski definition) is 3. The first-order valence-corrected chi connectivity index (χ1v) is 9.11. The number of hydrogen-bond donors (Lipinski definition) is 2. The van der Waals surface area contributed by atoms with Crippen molar-refractivity contribution in [3.63, 3.8) is 0 Å². The van der Waals surface area contributed by atoms with Gasteiger partial charge in [-0.1, -0.05) is 13.8 Å². The van der Waals surface area contributed by atoms with Crippen molar-refractivity contribution in [1.82, 2.24) is 10.6 Å². The lowest BCUT2D eigenvalue weighted by atomic mass is 10.1. The third-order valence-corrected chi connectivity index (χ3v) is 3.57. The molecule has 0 rings (SSSR count). The summed E-state index contributed by atoms with van der Waals surface area (Å²) in [6.45, 7) is 8.68. The monoisotopic (exact) mass is 291 g/mol. The third-order valence-electron chi connectivity index (χ3n) is 2.54. The van der Waals surface area contributed by atoms with Crippen LogP contribution in [-0.2, 0) is 9.84 Å². The van der Waals surface area contributed by atoms with Gasteiger partial charge in [0.25, 0.3) is 0 Å². The Hall–Kier alpha value is -0.780. The van der Waals surface area contributed by atoms with E-state index in [4.69, 9.17) is 0 Å². The summed E-state index contributed by atoms with van der Waals surface area (Å²) in [5.74, 6) is 1.69. The van der Waals surface area contributed by atoms with E-state index < -0.39 is 9.84 Å². The summed E-state index contributed by atoms with van der Waals surface area (Å²) in [6.07, 6.45) is 4.14. The fourth-order valence-electron chi connectivity index (χ4n) is 1.58. The lowest BCUT2D eigenvalue weighted by molar-refractivity contribution is 0.549. The van der Waals surface area contributed by atoms with Crippen LogP contribution in [0.15, 0.2) is 4.99 Å². The minimum atomic E-state index is -2.87. The van der Waals surface area contributed by atoms with Gasteiger partial charge in [0, 0.05) is 25.9 Å². The molecule has 114 valence electrons. The van der Waals surface area contributed by atoms with E-state index in [0.29, 0.717) is 13.0 Å².